The Morgan fingerprint density at radius 2 is 1.92 bits per heavy atom. The molecule has 1 aliphatic heterocycles. The quantitative estimate of drug-likeness (QED) is 0.880. The van der Waals surface area contributed by atoms with Crippen LogP contribution in [0.15, 0.2) is 35.1 Å². The first-order chi connectivity index (χ1) is 12.6. The van der Waals surface area contributed by atoms with Gasteiger partial charge in [-0.25, -0.2) is 4.98 Å². The summed E-state index contributed by atoms with van der Waals surface area (Å²) in [4.78, 5) is 31.4. The monoisotopic (exact) mass is 356 g/mol. The molecule has 138 valence electrons. The van der Waals surface area contributed by atoms with E-state index in [0.29, 0.717) is 43.6 Å². The topological polar surface area (TPSA) is 76.5 Å². The van der Waals surface area contributed by atoms with Crippen LogP contribution >= 0.6 is 0 Å². The van der Waals surface area contributed by atoms with Gasteiger partial charge in [-0.05, 0) is 31.0 Å². The van der Waals surface area contributed by atoms with Crippen molar-refractivity contribution >= 4 is 17.5 Å². The molecule has 1 saturated heterocycles. The van der Waals surface area contributed by atoms with Crippen LogP contribution < -0.4 is 15.8 Å². The molecule has 0 unspecified atom stereocenters. The summed E-state index contributed by atoms with van der Waals surface area (Å²) in [5.74, 6) is 0.270. The van der Waals surface area contributed by atoms with Gasteiger partial charge < -0.3 is 15.0 Å². The lowest BCUT2D eigenvalue weighted by atomic mass is 10.1. The van der Waals surface area contributed by atoms with Crippen LogP contribution in [0.1, 0.15) is 18.2 Å². The zero-order chi connectivity index (χ0) is 18.5. The predicted molar refractivity (Wildman–Crippen MR) is 101 cm³/mol. The molecule has 7 nitrogen and oxygen atoms in total. The summed E-state index contributed by atoms with van der Waals surface area (Å²) in [6.45, 7) is 6.25. The van der Waals surface area contributed by atoms with Crippen molar-refractivity contribution in [2.45, 2.75) is 26.8 Å². The van der Waals surface area contributed by atoms with Crippen molar-refractivity contribution in [3.63, 3.8) is 0 Å². The van der Waals surface area contributed by atoms with Gasteiger partial charge in [-0.3, -0.25) is 14.2 Å². The Morgan fingerprint density at radius 1 is 1.23 bits per heavy atom. The number of morpholine rings is 1. The summed E-state index contributed by atoms with van der Waals surface area (Å²) in [7, 11) is 0. The number of carbonyl (C=O) groups is 1. The Kier molecular flexibility index (Phi) is 5.68. The highest BCUT2D eigenvalue weighted by molar-refractivity contribution is 5.90. The van der Waals surface area contributed by atoms with Gasteiger partial charge in [0.1, 0.15) is 6.54 Å². The second-order valence-electron chi connectivity index (χ2n) is 6.32. The van der Waals surface area contributed by atoms with Crippen LogP contribution in [0.3, 0.4) is 0 Å². The van der Waals surface area contributed by atoms with Crippen molar-refractivity contribution in [3.05, 3.63) is 51.9 Å². The molecule has 3 rings (SSSR count). The number of nitrogens with zero attached hydrogens (tertiary/aromatic N) is 3. The first kappa shape index (κ1) is 18.1. The van der Waals surface area contributed by atoms with Gasteiger partial charge in [0.15, 0.2) is 0 Å². The number of hydrogen-bond donors (Lipinski definition) is 1. The van der Waals surface area contributed by atoms with Crippen LogP contribution in [-0.2, 0) is 22.5 Å². The van der Waals surface area contributed by atoms with Gasteiger partial charge in [-0.1, -0.05) is 19.1 Å². The highest BCUT2D eigenvalue weighted by Crippen LogP contribution is 2.13. The van der Waals surface area contributed by atoms with Gasteiger partial charge in [-0.15, -0.1) is 0 Å². The average Bonchev–Trinajstić information content (AvgIpc) is 2.65. The number of ether oxygens (including phenoxy) is 1. The van der Waals surface area contributed by atoms with Gasteiger partial charge in [0.05, 0.1) is 13.2 Å². The van der Waals surface area contributed by atoms with Crippen LogP contribution in [-0.4, -0.2) is 41.8 Å². The van der Waals surface area contributed by atoms with E-state index in [2.05, 4.69) is 17.2 Å². The molecule has 1 aromatic heterocycles. The molecule has 0 aliphatic carbocycles. The minimum atomic E-state index is -0.253. The Bertz CT molecular complexity index is 824. The molecule has 1 aromatic carbocycles. The molecule has 2 heterocycles. The Hall–Kier alpha value is -2.67. The molecular formula is C19H24N4O3. The Morgan fingerprint density at radius 3 is 2.58 bits per heavy atom. The average molecular weight is 356 g/mol. The molecule has 0 atom stereocenters. The van der Waals surface area contributed by atoms with Crippen molar-refractivity contribution in [1.29, 1.82) is 0 Å². The number of anilines is 2. The van der Waals surface area contributed by atoms with E-state index in [1.807, 2.05) is 29.2 Å². The number of carbonyl (C=O) groups excluding carboxylic acids is 1. The van der Waals surface area contributed by atoms with Crippen molar-refractivity contribution in [3.8, 4) is 0 Å². The van der Waals surface area contributed by atoms with Gasteiger partial charge in [-0.2, -0.15) is 0 Å². The standard InChI is InChI=1S/C19H24N4O3/c1-3-15-4-6-16(7-5-15)21-17(24)13-23-18(25)12-14(2)20-19(23)22-8-10-26-11-9-22/h4-7,12H,3,8-11,13H2,1-2H3,(H,21,24). The van der Waals surface area contributed by atoms with Crippen LogP contribution in [0.5, 0.6) is 0 Å². The van der Waals surface area contributed by atoms with Crippen LogP contribution in [0.25, 0.3) is 0 Å². The predicted octanol–water partition coefficient (Wildman–Crippen LogP) is 1.59. The number of rotatable bonds is 5. The van der Waals surface area contributed by atoms with Crippen molar-refractivity contribution in [2.24, 2.45) is 0 Å². The number of aryl methyl sites for hydroxylation is 2. The summed E-state index contributed by atoms with van der Waals surface area (Å²) in [5.41, 5.74) is 2.34. The first-order valence-corrected chi connectivity index (χ1v) is 8.87. The molecule has 7 heteroatoms. The number of aromatic nitrogens is 2. The zero-order valence-corrected chi connectivity index (χ0v) is 15.2. The first-order valence-electron chi connectivity index (χ1n) is 8.87. The summed E-state index contributed by atoms with van der Waals surface area (Å²) in [6, 6.07) is 9.15. The SMILES string of the molecule is CCc1ccc(NC(=O)Cn2c(N3CCOCC3)nc(C)cc2=O)cc1. The molecule has 1 amide bonds. The largest absolute Gasteiger partial charge is 0.378 e. The lowest BCUT2D eigenvalue weighted by Crippen LogP contribution is -2.41. The lowest BCUT2D eigenvalue weighted by molar-refractivity contribution is -0.116. The van der Waals surface area contributed by atoms with Crippen LogP contribution in [0.2, 0.25) is 0 Å². The third-order valence-corrected chi connectivity index (χ3v) is 4.36. The molecule has 1 fully saturated rings. The second kappa shape index (κ2) is 8.14. The summed E-state index contributed by atoms with van der Waals surface area (Å²) >= 11 is 0. The third kappa shape index (κ3) is 4.29. The maximum atomic E-state index is 12.5. The molecular weight excluding hydrogens is 332 g/mol. The summed E-state index contributed by atoms with van der Waals surface area (Å²) in [5, 5.41) is 2.84. The van der Waals surface area contributed by atoms with E-state index < -0.39 is 0 Å². The maximum absolute atomic E-state index is 12.5. The van der Waals surface area contributed by atoms with E-state index in [1.165, 1.54) is 16.2 Å². The van der Waals surface area contributed by atoms with E-state index in [9.17, 15) is 9.59 Å². The zero-order valence-electron chi connectivity index (χ0n) is 15.2. The van der Waals surface area contributed by atoms with E-state index in [1.54, 1.807) is 6.92 Å². The normalized spacial score (nSPS) is 14.3. The molecule has 0 bridgehead atoms. The summed E-state index contributed by atoms with van der Waals surface area (Å²) < 4.78 is 6.79. The third-order valence-electron chi connectivity index (χ3n) is 4.36. The minimum Gasteiger partial charge on any atom is -0.378 e. The molecule has 0 radical (unpaired) electrons. The fraction of sp³-hybridized carbons (Fsp3) is 0.421. The van der Waals surface area contributed by atoms with Crippen LogP contribution in [0.4, 0.5) is 11.6 Å². The van der Waals surface area contributed by atoms with E-state index in [4.69, 9.17) is 4.74 Å². The van der Waals surface area contributed by atoms with E-state index >= 15 is 0 Å². The number of benzene rings is 1. The molecule has 2 aromatic rings. The lowest BCUT2D eigenvalue weighted by Gasteiger charge is -2.29. The smallest absolute Gasteiger partial charge is 0.255 e. The van der Waals surface area contributed by atoms with Gasteiger partial charge in [0.25, 0.3) is 5.56 Å². The molecule has 0 spiro atoms. The second-order valence-corrected chi connectivity index (χ2v) is 6.32. The Balaban J connectivity index is 1.79. The molecule has 26 heavy (non-hydrogen) atoms. The van der Waals surface area contributed by atoms with Gasteiger partial charge in [0, 0.05) is 30.5 Å². The number of amides is 1. The number of hydrogen-bond acceptors (Lipinski definition) is 5. The minimum absolute atomic E-state index is 0.0751. The molecule has 1 N–H and O–H groups in total. The number of nitrogens with one attached hydrogen (secondary N) is 1. The van der Waals surface area contributed by atoms with Crippen molar-refractivity contribution in [1.82, 2.24) is 9.55 Å². The maximum Gasteiger partial charge on any atom is 0.255 e. The summed E-state index contributed by atoms with van der Waals surface area (Å²) in [6.07, 6.45) is 0.946. The fourth-order valence-electron chi connectivity index (χ4n) is 2.93. The van der Waals surface area contributed by atoms with Gasteiger partial charge >= 0.3 is 0 Å². The highest BCUT2D eigenvalue weighted by atomic mass is 16.5. The fourth-order valence-corrected chi connectivity index (χ4v) is 2.93. The van der Waals surface area contributed by atoms with Gasteiger partial charge in [0.2, 0.25) is 11.9 Å². The van der Waals surface area contributed by atoms with Crippen molar-refractivity contribution in [2.75, 3.05) is 36.5 Å². The molecule has 0 saturated carbocycles. The van der Waals surface area contributed by atoms with Crippen molar-refractivity contribution < 1.29 is 9.53 Å². The van der Waals surface area contributed by atoms with Crippen LogP contribution in [0, 0.1) is 6.92 Å². The molecule has 1 aliphatic rings. The van der Waals surface area contributed by atoms with E-state index in [-0.39, 0.29) is 18.0 Å². The Labute approximate surface area is 152 Å². The highest BCUT2D eigenvalue weighted by Gasteiger charge is 2.19. The van der Waals surface area contributed by atoms with E-state index in [0.717, 1.165) is 6.42 Å².